The fourth-order valence-electron chi connectivity index (χ4n) is 1.51. The van der Waals surface area contributed by atoms with Crippen LogP contribution in [0, 0.1) is 12.3 Å². The molecule has 0 saturated heterocycles. The zero-order chi connectivity index (χ0) is 12.0. The average Bonchev–Trinajstić information content (AvgIpc) is 2.24. The molecular formula is C13H20N2S. The standard InChI is InChI=1S/C13H20N2S/c1-3-4-5-8-16-12-9-10(2)6-7-11(12)13(14)15/h6-7,9H,3-5,8H2,1-2H3,(H3,14,15). The van der Waals surface area contributed by atoms with Crippen LogP contribution in [0.5, 0.6) is 0 Å². The molecule has 1 aromatic rings. The zero-order valence-corrected chi connectivity index (χ0v) is 10.9. The second kappa shape index (κ2) is 6.59. The van der Waals surface area contributed by atoms with Crippen molar-refractivity contribution in [3.05, 3.63) is 29.3 Å². The van der Waals surface area contributed by atoms with Gasteiger partial charge in [0, 0.05) is 10.5 Å². The zero-order valence-electron chi connectivity index (χ0n) is 10.0. The van der Waals surface area contributed by atoms with Crippen LogP contribution in [-0.2, 0) is 0 Å². The Balaban J connectivity index is 2.68. The van der Waals surface area contributed by atoms with Gasteiger partial charge < -0.3 is 5.73 Å². The third kappa shape index (κ3) is 3.89. The van der Waals surface area contributed by atoms with Gasteiger partial charge in [0.25, 0.3) is 0 Å². The molecular weight excluding hydrogens is 216 g/mol. The summed E-state index contributed by atoms with van der Waals surface area (Å²) in [6.07, 6.45) is 3.74. The van der Waals surface area contributed by atoms with E-state index in [0.717, 1.165) is 16.2 Å². The third-order valence-electron chi connectivity index (χ3n) is 2.43. The molecule has 0 aliphatic carbocycles. The van der Waals surface area contributed by atoms with Gasteiger partial charge in [-0.1, -0.05) is 25.8 Å². The second-order valence-corrected chi connectivity index (χ2v) is 5.11. The number of nitrogens with one attached hydrogen (secondary N) is 1. The van der Waals surface area contributed by atoms with Crippen molar-refractivity contribution in [2.24, 2.45) is 5.73 Å². The predicted octanol–water partition coefficient (Wildman–Crippen LogP) is 3.56. The van der Waals surface area contributed by atoms with Crippen LogP contribution < -0.4 is 5.73 Å². The van der Waals surface area contributed by atoms with Gasteiger partial charge in [-0.15, -0.1) is 11.8 Å². The van der Waals surface area contributed by atoms with Gasteiger partial charge in [-0.05, 0) is 36.8 Å². The first-order chi connectivity index (χ1) is 7.65. The van der Waals surface area contributed by atoms with E-state index < -0.39 is 0 Å². The Morgan fingerprint density at radius 3 is 2.75 bits per heavy atom. The topological polar surface area (TPSA) is 49.9 Å². The van der Waals surface area contributed by atoms with Gasteiger partial charge in [-0.2, -0.15) is 0 Å². The molecule has 3 N–H and O–H groups in total. The van der Waals surface area contributed by atoms with Crippen molar-refractivity contribution in [2.45, 2.75) is 38.0 Å². The van der Waals surface area contributed by atoms with Crippen LogP contribution in [0.15, 0.2) is 23.1 Å². The SMILES string of the molecule is CCCCCSc1cc(C)ccc1C(=N)N. The highest BCUT2D eigenvalue weighted by molar-refractivity contribution is 7.99. The number of nitrogen functional groups attached to an aromatic ring is 1. The first kappa shape index (κ1) is 13.1. The normalized spacial score (nSPS) is 10.4. The van der Waals surface area contributed by atoms with Crippen molar-refractivity contribution in [3.8, 4) is 0 Å². The summed E-state index contributed by atoms with van der Waals surface area (Å²) in [4.78, 5) is 1.14. The fraction of sp³-hybridized carbons (Fsp3) is 0.462. The van der Waals surface area contributed by atoms with Gasteiger partial charge in [0.15, 0.2) is 0 Å². The van der Waals surface area contributed by atoms with E-state index in [0.29, 0.717) is 0 Å². The number of hydrogen-bond acceptors (Lipinski definition) is 2. The molecule has 0 aliphatic rings. The highest BCUT2D eigenvalue weighted by atomic mass is 32.2. The van der Waals surface area contributed by atoms with Crippen LogP contribution in [0.2, 0.25) is 0 Å². The highest BCUT2D eigenvalue weighted by Gasteiger charge is 2.05. The molecule has 0 aromatic heterocycles. The number of benzene rings is 1. The molecule has 0 bridgehead atoms. The number of hydrogen-bond donors (Lipinski definition) is 2. The van der Waals surface area contributed by atoms with Crippen LogP contribution in [0.4, 0.5) is 0 Å². The summed E-state index contributed by atoms with van der Waals surface area (Å²) >= 11 is 1.81. The largest absolute Gasteiger partial charge is 0.384 e. The summed E-state index contributed by atoms with van der Waals surface area (Å²) in [6.45, 7) is 4.28. The average molecular weight is 236 g/mol. The van der Waals surface area contributed by atoms with Crippen LogP contribution in [-0.4, -0.2) is 11.6 Å². The van der Waals surface area contributed by atoms with Crippen molar-refractivity contribution in [1.29, 1.82) is 5.41 Å². The summed E-state index contributed by atoms with van der Waals surface area (Å²) in [7, 11) is 0. The molecule has 0 radical (unpaired) electrons. The van der Waals surface area contributed by atoms with Gasteiger partial charge in [0.2, 0.25) is 0 Å². The number of nitrogens with two attached hydrogens (primary N) is 1. The number of rotatable bonds is 6. The summed E-state index contributed by atoms with van der Waals surface area (Å²) in [6, 6.07) is 6.07. The molecule has 88 valence electrons. The van der Waals surface area contributed by atoms with Gasteiger partial charge in [0.05, 0.1) is 0 Å². The van der Waals surface area contributed by atoms with Crippen LogP contribution in [0.3, 0.4) is 0 Å². The monoisotopic (exact) mass is 236 g/mol. The first-order valence-corrected chi connectivity index (χ1v) is 6.71. The molecule has 2 nitrogen and oxygen atoms in total. The molecule has 0 amide bonds. The van der Waals surface area contributed by atoms with E-state index >= 15 is 0 Å². The lowest BCUT2D eigenvalue weighted by atomic mass is 10.1. The Kier molecular flexibility index (Phi) is 5.39. The highest BCUT2D eigenvalue weighted by Crippen LogP contribution is 2.25. The van der Waals surface area contributed by atoms with Crippen molar-refractivity contribution >= 4 is 17.6 Å². The minimum Gasteiger partial charge on any atom is -0.384 e. The molecule has 0 atom stereocenters. The van der Waals surface area contributed by atoms with Crippen LogP contribution >= 0.6 is 11.8 Å². The summed E-state index contributed by atoms with van der Waals surface area (Å²) in [5, 5.41) is 7.53. The van der Waals surface area contributed by atoms with E-state index in [9.17, 15) is 0 Å². The smallest absolute Gasteiger partial charge is 0.123 e. The lowest BCUT2D eigenvalue weighted by molar-refractivity contribution is 0.778. The van der Waals surface area contributed by atoms with E-state index in [1.807, 2.05) is 23.9 Å². The molecule has 0 aliphatic heterocycles. The van der Waals surface area contributed by atoms with Gasteiger partial charge >= 0.3 is 0 Å². The summed E-state index contributed by atoms with van der Waals surface area (Å²) in [5.74, 6) is 1.27. The minimum atomic E-state index is 0.165. The van der Waals surface area contributed by atoms with Gasteiger partial charge in [0.1, 0.15) is 5.84 Å². The fourth-order valence-corrected chi connectivity index (χ4v) is 2.68. The van der Waals surface area contributed by atoms with E-state index in [-0.39, 0.29) is 5.84 Å². The van der Waals surface area contributed by atoms with Crippen molar-refractivity contribution in [2.75, 3.05) is 5.75 Å². The maximum absolute atomic E-state index is 7.53. The molecule has 0 spiro atoms. The van der Waals surface area contributed by atoms with Crippen LogP contribution in [0.25, 0.3) is 0 Å². The predicted molar refractivity (Wildman–Crippen MR) is 72.4 cm³/mol. The molecule has 0 unspecified atom stereocenters. The van der Waals surface area contributed by atoms with Gasteiger partial charge in [-0.3, -0.25) is 5.41 Å². The Morgan fingerprint density at radius 1 is 1.38 bits per heavy atom. The maximum atomic E-state index is 7.53. The number of unbranched alkanes of at least 4 members (excludes halogenated alkanes) is 2. The Hall–Kier alpha value is -0.960. The molecule has 1 aromatic carbocycles. The van der Waals surface area contributed by atoms with Gasteiger partial charge in [-0.25, -0.2) is 0 Å². The van der Waals surface area contributed by atoms with E-state index in [1.54, 1.807) is 0 Å². The second-order valence-electron chi connectivity index (χ2n) is 3.97. The van der Waals surface area contributed by atoms with Crippen molar-refractivity contribution in [3.63, 3.8) is 0 Å². The molecule has 0 heterocycles. The van der Waals surface area contributed by atoms with Crippen molar-refractivity contribution < 1.29 is 0 Å². The number of amidine groups is 1. The first-order valence-electron chi connectivity index (χ1n) is 5.73. The minimum absolute atomic E-state index is 0.165. The lowest BCUT2D eigenvalue weighted by Crippen LogP contribution is -2.12. The third-order valence-corrected chi connectivity index (χ3v) is 3.57. The van der Waals surface area contributed by atoms with E-state index in [2.05, 4.69) is 19.9 Å². The van der Waals surface area contributed by atoms with Crippen molar-refractivity contribution in [1.82, 2.24) is 0 Å². The molecule has 0 saturated carbocycles. The van der Waals surface area contributed by atoms with E-state index in [1.165, 1.54) is 24.8 Å². The Labute approximate surface area is 102 Å². The van der Waals surface area contributed by atoms with Crippen LogP contribution in [0.1, 0.15) is 37.3 Å². The summed E-state index contributed by atoms with van der Waals surface area (Å²) < 4.78 is 0. The maximum Gasteiger partial charge on any atom is 0.123 e. The molecule has 1 rings (SSSR count). The molecule has 16 heavy (non-hydrogen) atoms. The summed E-state index contributed by atoms with van der Waals surface area (Å²) in [5.41, 5.74) is 7.66. The van der Waals surface area contributed by atoms with E-state index in [4.69, 9.17) is 11.1 Å². The number of thioether (sulfide) groups is 1. The number of aryl methyl sites for hydroxylation is 1. The molecule has 0 fully saturated rings. The Morgan fingerprint density at radius 2 is 2.12 bits per heavy atom. The lowest BCUT2D eigenvalue weighted by Gasteiger charge is -2.08. The Bertz CT molecular complexity index is 361. The molecule has 3 heteroatoms. The quantitative estimate of drug-likeness (QED) is 0.343.